The van der Waals surface area contributed by atoms with E-state index in [-0.39, 0.29) is 17.9 Å². The van der Waals surface area contributed by atoms with Crippen LogP contribution in [0.15, 0.2) is 48.5 Å². The van der Waals surface area contributed by atoms with Crippen LogP contribution in [0.4, 0.5) is 0 Å². The summed E-state index contributed by atoms with van der Waals surface area (Å²) in [5.41, 5.74) is 3.74. The Hall–Kier alpha value is -2.02. The third-order valence-electron chi connectivity index (χ3n) is 9.86. The van der Waals surface area contributed by atoms with Crippen LogP contribution in [0.1, 0.15) is 81.9 Å². The van der Waals surface area contributed by atoms with E-state index >= 15 is 0 Å². The van der Waals surface area contributed by atoms with Gasteiger partial charge in [0.15, 0.2) is 0 Å². The van der Waals surface area contributed by atoms with Gasteiger partial charge < -0.3 is 15.5 Å². The summed E-state index contributed by atoms with van der Waals surface area (Å²) < 4.78 is 0. The van der Waals surface area contributed by atoms with Gasteiger partial charge in [-0.2, -0.15) is 11.8 Å². The standard InChI is InChI=1S/C35H48ClN3O2S/c1-25(2)42-24-35(29-11-5-3-4-6-12-29)17-19-39(20-18-35)34(41)32(21-26-13-15-30(36)16-14-26)38-33(40)31-22-27-9-7-8-10-28(27)23-37-31/h7-10,13-16,25,29,31-32,37H,3-6,11-12,17-24H2,1-2H3,(H,38,40)/t31-,32-/m1/s1. The number of piperidine rings is 1. The molecule has 2 aromatic carbocycles. The highest BCUT2D eigenvalue weighted by atomic mass is 35.5. The highest BCUT2D eigenvalue weighted by molar-refractivity contribution is 7.99. The lowest BCUT2D eigenvalue weighted by atomic mass is 9.67. The molecule has 7 heteroatoms. The molecule has 5 nitrogen and oxygen atoms in total. The van der Waals surface area contributed by atoms with E-state index in [9.17, 15) is 9.59 Å². The van der Waals surface area contributed by atoms with Crippen molar-refractivity contribution in [1.29, 1.82) is 0 Å². The number of nitrogens with zero attached hydrogens (tertiary/aromatic N) is 1. The van der Waals surface area contributed by atoms with E-state index < -0.39 is 6.04 Å². The highest BCUT2D eigenvalue weighted by Crippen LogP contribution is 2.47. The topological polar surface area (TPSA) is 61.4 Å². The van der Waals surface area contributed by atoms with E-state index in [0.717, 1.165) is 37.4 Å². The van der Waals surface area contributed by atoms with Gasteiger partial charge in [-0.3, -0.25) is 9.59 Å². The Balaban J connectivity index is 1.29. The Morgan fingerprint density at radius 1 is 1.00 bits per heavy atom. The Morgan fingerprint density at radius 2 is 1.67 bits per heavy atom. The Kier molecular flexibility index (Phi) is 10.9. The molecule has 2 atom stereocenters. The van der Waals surface area contributed by atoms with Crippen molar-refractivity contribution >= 4 is 35.2 Å². The van der Waals surface area contributed by atoms with Crippen molar-refractivity contribution in [3.8, 4) is 0 Å². The number of carbonyl (C=O) groups is 2. The van der Waals surface area contributed by atoms with E-state index in [1.807, 2.05) is 41.3 Å². The minimum atomic E-state index is -0.604. The van der Waals surface area contributed by atoms with Crippen molar-refractivity contribution in [1.82, 2.24) is 15.5 Å². The molecule has 2 N–H and O–H groups in total. The van der Waals surface area contributed by atoms with Crippen molar-refractivity contribution in [2.75, 3.05) is 18.8 Å². The van der Waals surface area contributed by atoms with Crippen molar-refractivity contribution in [3.63, 3.8) is 0 Å². The van der Waals surface area contributed by atoms with E-state index in [1.54, 1.807) is 0 Å². The fourth-order valence-electron chi connectivity index (χ4n) is 7.26. The van der Waals surface area contributed by atoms with Crippen LogP contribution in [0.2, 0.25) is 5.02 Å². The summed E-state index contributed by atoms with van der Waals surface area (Å²) in [6.07, 6.45) is 11.3. The highest BCUT2D eigenvalue weighted by Gasteiger charge is 2.43. The molecular formula is C35H48ClN3O2S. The van der Waals surface area contributed by atoms with Crippen LogP contribution in [0.25, 0.3) is 0 Å². The van der Waals surface area contributed by atoms with E-state index in [2.05, 4.69) is 48.4 Å². The summed E-state index contributed by atoms with van der Waals surface area (Å²) in [5.74, 6) is 1.89. The Labute approximate surface area is 261 Å². The van der Waals surface area contributed by atoms with Gasteiger partial charge in [-0.05, 0) is 83.3 Å². The summed E-state index contributed by atoms with van der Waals surface area (Å²) in [7, 11) is 0. The van der Waals surface area contributed by atoms with Crippen LogP contribution in [0.3, 0.4) is 0 Å². The zero-order valence-electron chi connectivity index (χ0n) is 25.4. The Morgan fingerprint density at radius 3 is 2.33 bits per heavy atom. The first kappa shape index (κ1) is 31.4. The maximum absolute atomic E-state index is 14.2. The summed E-state index contributed by atoms with van der Waals surface area (Å²) in [6.45, 7) is 6.81. The third kappa shape index (κ3) is 7.92. The minimum Gasteiger partial charge on any atom is -0.343 e. The molecular weight excluding hydrogens is 562 g/mol. The zero-order chi connectivity index (χ0) is 29.5. The van der Waals surface area contributed by atoms with Gasteiger partial charge in [0.2, 0.25) is 11.8 Å². The molecule has 1 saturated heterocycles. The van der Waals surface area contributed by atoms with Crippen LogP contribution in [0.5, 0.6) is 0 Å². The molecule has 5 rings (SSSR count). The summed E-state index contributed by atoms with van der Waals surface area (Å²) >= 11 is 8.25. The smallest absolute Gasteiger partial charge is 0.245 e. The Bertz CT molecular complexity index is 1190. The first-order valence-electron chi connectivity index (χ1n) is 16.1. The summed E-state index contributed by atoms with van der Waals surface area (Å²) in [5, 5.41) is 7.85. The van der Waals surface area contributed by atoms with Crippen molar-refractivity contribution in [2.45, 2.75) is 102 Å². The fourth-order valence-corrected chi connectivity index (χ4v) is 8.57. The first-order valence-corrected chi connectivity index (χ1v) is 17.5. The maximum atomic E-state index is 14.2. The van der Waals surface area contributed by atoms with Crippen LogP contribution in [-0.2, 0) is 29.0 Å². The van der Waals surface area contributed by atoms with Crippen LogP contribution in [-0.4, -0.2) is 52.9 Å². The lowest BCUT2D eigenvalue weighted by molar-refractivity contribution is -0.139. The predicted octanol–water partition coefficient (Wildman–Crippen LogP) is 6.80. The first-order chi connectivity index (χ1) is 20.3. The van der Waals surface area contributed by atoms with Gasteiger partial charge in [0, 0.05) is 31.1 Å². The largest absolute Gasteiger partial charge is 0.343 e. The molecule has 228 valence electrons. The zero-order valence-corrected chi connectivity index (χ0v) is 27.0. The molecule has 42 heavy (non-hydrogen) atoms. The number of hydrogen-bond acceptors (Lipinski definition) is 4. The number of thioether (sulfide) groups is 1. The van der Waals surface area contributed by atoms with Crippen LogP contribution in [0, 0.1) is 11.3 Å². The monoisotopic (exact) mass is 609 g/mol. The summed E-state index contributed by atoms with van der Waals surface area (Å²) in [4.78, 5) is 29.8. The van der Waals surface area contributed by atoms with Gasteiger partial charge in [0.05, 0.1) is 6.04 Å². The van der Waals surface area contributed by atoms with Crippen LogP contribution < -0.4 is 10.6 Å². The summed E-state index contributed by atoms with van der Waals surface area (Å²) in [6, 6.07) is 14.9. The van der Waals surface area contributed by atoms with E-state index in [4.69, 9.17) is 11.6 Å². The van der Waals surface area contributed by atoms with Gasteiger partial charge in [-0.1, -0.05) is 87.5 Å². The molecule has 0 radical (unpaired) electrons. The van der Waals surface area contributed by atoms with Gasteiger partial charge in [0.1, 0.15) is 6.04 Å². The molecule has 1 aliphatic carbocycles. The SMILES string of the molecule is CC(C)SCC1(C2CCCCCC2)CCN(C(=O)[C@@H](Cc2ccc(Cl)cc2)NC(=O)[C@H]2Cc3ccccc3CN2)CC1. The minimum absolute atomic E-state index is 0.0421. The lowest BCUT2D eigenvalue weighted by Crippen LogP contribution is -2.57. The van der Waals surface area contributed by atoms with Crippen LogP contribution >= 0.6 is 23.4 Å². The van der Waals surface area contributed by atoms with Gasteiger partial charge in [0.25, 0.3) is 0 Å². The molecule has 2 aromatic rings. The number of hydrogen-bond donors (Lipinski definition) is 2. The number of nitrogens with one attached hydrogen (secondary N) is 2. The second-order valence-corrected chi connectivity index (χ2v) is 15.0. The molecule has 2 heterocycles. The molecule has 2 aliphatic heterocycles. The normalized spacial score (nSPS) is 21.8. The van der Waals surface area contributed by atoms with Crippen molar-refractivity contribution in [3.05, 3.63) is 70.2 Å². The van der Waals surface area contributed by atoms with Gasteiger partial charge in [-0.15, -0.1) is 0 Å². The number of likely N-dealkylation sites (tertiary alicyclic amines) is 1. The lowest BCUT2D eigenvalue weighted by Gasteiger charge is -2.47. The molecule has 2 amide bonds. The van der Waals surface area contributed by atoms with Gasteiger partial charge in [-0.25, -0.2) is 0 Å². The number of fused-ring (bicyclic) bond motifs is 1. The number of halogens is 1. The van der Waals surface area contributed by atoms with Crippen molar-refractivity contribution < 1.29 is 9.59 Å². The average molecular weight is 610 g/mol. The predicted molar refractivity (Wildman–Crippen MR) is 175 cm³/mol. The molecule has 1 saturated carbocycles. The quantitative estimate of drug-likeness (QED) is 0.307. The molecule has 0 aromatic heterocycles. The number of carbonyl (C=O) groups excluding carboxylic acids is 2. The molecule has 0 unspecified atom stereocenters. The second kappa shape index (κ2) is 14.6. The molecule has 0 spiro atoms. The number of rotatable bonds is 9. The second-order valence-electron chi connectivity index (χ2n) is 13.0. The molecule has 3 aliphatic rings. The average Bonchev–Trinajstić information content (AvgIpc) is 3.31. The van der Waals surface area contributed by atoms with Gasteiger partial charge >= 0.3 is 0 Å². The van der Waals surface area contributed by atoms with Crippen molar-refractivity contribution in [2.24, 2.45) is 11.3 Å². The molecule has 2 fully saturated rings. The third-order valence-corrected chi connectivity index (χ3v) is 11.5. The maximum Gasteiger partial charge on any atom is 0.245 e. The van der Waals surface area contributed by atoms with E-state index in [0.29, 0.717) is 35.1 Å². The fraction of sp³-hybridized carbons (Fsp3) is 0.600. The molecule has 0 bridgehead atoms. The number of benzene rings is 2. The number of amides is 2. The van der Waals surface area contributed by atoms with E-state index in [1.165, 1.54) is 55.4 Å².